The summed E-state index contributed by atoms with van der Waals surface area (Å²) in [4.78, 5) is 32.7. The van der Waals surface area contributed by atoms with E-state index in [1.807, 2.05) is 41.0 Å². The van der Waals surface area contributed by atoms with Gasteiger partial charge in [-0.3, -0.25) is 14.1 Å². The number of hydrogen-bond donors (Lipinski definition) is 1. The number of aromatic amines is 1. The number of rotatable bonds is 4. The van der Waals surface area contributed by atoms with Gasteiger partial charge in [-0.15, -0.1) is 0 Å². The Bertz CT molecular complexity index is 1300. The van der Waals surface area contributed by atoms with Gasteiger partial charge in [0.15, 0.2) is 5.65 Å². The topological polar surface area (TPSA) is 94.3 Å². The van der Waals surface area contributed by atoms with Crippen LogP contribution in [-0.2, 0) is 13.0 Å². The van der Waals surface area contributed by atoms with Crippen LogP contribution in [0.5, 0.6) is 0 Å². The van der Waals surface area contributed by atoms with Crippen LogP contribution in [0.3, 0.4) is 0 Å². The Morgan fingerprint density at radius 1 is 1.04 bits per heavy atom. The summed E-state index contributed by atoms with van der Waals surface area (Å²) < 4.78 is 3.45. The molecule has 8 heteroatoms. The summed E-state index contributed by atoms with van der Waals surface area (Å²) in [5.41, 5.74) is 3.83. The van der Waals surface area contributed by atoms with Crippen LogP contribution in [0.4, 0.5) is 0 Å². The fraction of sp³-hybridized carbons (Fsp3) is 0.105. The molecule has 1 aromatic carbocycles. The molecule has 8 nitrogen and oxygen atoms in total. The second kappa shape index (κ2) is 6.17. The number of para-hydroxylation sites is 2. The molecule has 4 heterocycles. The number of fused-ring (bicyclic) bond motifs is 2. The van der Waals surface area contributed by atoms with Gasteiger partial charge in [0.2, 0.25) is 5.95 Å². The van der Waals surface area contributed by atoms with E-state index in [0.717, 1.165) is 16.6 Å². The number of aryl methyl sites for hydroxylation is 2. The van der Waals surface area contributed by atoms with Gasteiger partial charge >= 0.3 is 5.69 Å². The summed E-state index contributed by atoms with van der Waals surface area (Å²) in [6.45, 7) is 0.506. The predicted octanol–water partition coefficient (Wildman–Crippen LogP) is 2.10. The van der Waals surface area contributed by atoms with Crippen molar-refractivity contribution in [3.63, 3.8) is 0 Å². The minimum atomic E-state index is -0.198. The Hall–Kier alpha value is -3.81. The van der Waals surface area contributed by atoms with E-state index in [0.29, 0.717) is 30.1 Å². The second-order valence-electron chi connectivity index (χ2n) is 6.20. The van der Waals surface area contributed by atoms with Crippen LogP contribution in [0.25, 0.3) is 28.1 Å². The summed E-state index contributed by atoms with van der Waals surface area (Å²) in [5, 5.41) is 0. The van der Waals surface area contributed by atoms with Crippen molar-refractivity contribution in [2.75, 3.05) is 0 Å². The number of nitrogens with one attached hydrogen (secondary N) is 1. The van der Waals surface area contributed by atoms with Crippen LogP contribution in [0.1, 0.15) is 5.56 Å². The smallest absolute Gasteiger partial charge is 0.303 e. The molecule has 5 aromatic rings. The third-order valence-electron chi connectivity index (χ3n) is 4.51. The minimum Gasteiger partial charge on any atom is -0.303 e. The molecule has 0 aliphatic rings. The van der Waals surface area contributed by atoms with Gasteiger partial charge in [0.1, 0.15) is 11.8 Å². The van der Waals surface area contributed by atoms with Crippen molar-refractivity contribution in [3.8, 4) is 5.95 Å². The average Bonchev–Trinajstić information content (AvgIpc) is 3.27. The average molecular weight is 357 g/mol. The zero-order chi connectivity index (χ0) is 18.2. The molecule has 0 aliphatic heterocycles. The number of pyridine rings is 1. The number of nitrogens with zero attached hydrogens (tertiary/aromatic N) is 6. The minimum absolute atomic E-state index is 0.198. The second-order valence-corrected chi connectivity index (χ2v) is 6.20. The SMILES string of the molecule is O=c1[nH]c2cnc(-n3cnc4ccccc43)nc2n1CCc1cccnc1. The maximum atomic E-state index is 12.4. The van der Waals surface area contributed by atoms with Crippen molar-refractivity contribution < 1.29 is 0 Å². The molecule has 0 unspecified atom stereocenters. The lowest BCUT2D eigenvalue weighted by Gasteiger charge is -2.05. The Morgan fingerprint density at radius 3 is 2.85 bits per heavy atom. The van der Waals surface area contributed by atoms with Crippen LogP contribution in [0.15, 0.2) is 66.1 Å². The van der Waals surface area contributed by atoms with Crippen LogP contribution < -0.4 is 5.69 Å². The van der Waals surface area contributed by atoms with E-state index in [4.69, 9.17) is 0 Å². The molecule has 1 N–H and O–H groups in total. The van der Waals surface area contributed by atoms with Gasteiger partial charge in [-0.2, -0.15) is 4.98 Å². The lowest BCUT2D eigenvalue weighted by atomic mass is 10.2. The standard InChI is InChI=1S/C19H15N7O/c27-19-23-15-11-21-18(26-12-22-14-5-1-2-6-16(14)26)24-17(15)25(19)9-7-13-4-3-8-20-10-13/h1-6,8,10-12H,7,9H2,(H,23,27). The van der Waals surface area contributed by atoms with E-state index >= 15 is 0 Å². The number of hydrogen-bond acceptors (Lipinski definition) is 5. The van der Waals surface area contributed by atoms with Gasteiger partial charge in [-0.1, -0.05) is 18.2 Å². The van der Waals surface area contributed by atoms with Crippen molar-refractivity contribution in [1.82, 2.24) is 34.1 Å². The highest BCUT2D eigenvalue weighted by Gasteiger charge is 2.12. The number of H-pyrrole nitrogens is 1. The van der Waals surface area contributed by atoms with Crippen LogP contribution in [-0.4, -0.2) is 34.1 Å². The van der Waals surface area contributed by atoms with E-state index in [9.17, 15) is 4.79 Å². The molecule has 132 valence electrons. The zero-order valence-electron chi connectivity index (χ0n) is 14.3. The summed E-state index contributed by atoms with van der Waals surface area (Å²) in [6, 6.07) is 11.7. The van der Waals surface area contributed by atoms with Crippen LogP contribution in [0, 0.1) is 0 Å². The molecule has 0 fully saturated rings. The van der Waals surface area contributed by atoms with Gasteiger partial charge in [0.25, 0.3) is 0 Å². The molecule has 0 amide bonds. The Kier molecular flexibility index (Phi) is 3.53. The van der Waals surface area contributed by atoms with Crippen molar-refractivity contribution in [1.29, 1.82) is 0 Å². The van der Waals surface area contributed by atoms with Gasteiger partial charge in [0.05, 0.1) is 17.2 Å². The van der Waals surface area contributed by atoms with Gasteiger partial charge in [-0.25, -0.2) is 14.8 Å². The third kappa shape index (κ3) is 2.67. The van der Waals surface area contributed by atoms with Crippen LogP contribution in [0.2, 0.25) is 0 Å². The highest BCUT2D eigenvalue weighted by molar-refractivity contribution is 5.77. The van der Waals surface area contributed by atoms with E-state index in [-0.39, 0.29) is 5.69 Å². The Morgan fingerprint density at radius 2 is 1.96 bits per heavy atom. The fourth-order valence-electron chi connectivity index (χ4n) is 3.17. The Balaban J connectivity index is 1.58. The molecule has 27 heavy (non-hydrogen) atoms. The van der Waals surface area contributed by atoms with E-state index in [1.54, 1.807) is 29.5 Å². The number of aromatic nitrogens is 7. The van der Waals surface area contributed by atoms with Gasteiger partial charge < -0.3 is 4.98 Å². The van der Waals surface area contributed by atoms with Crippen molar-refractivity contribution in [2.45, 2.75) is 13.0 Å². The van der Waals surface area contributed by atoms with Crippen molar-refractivity contribution >= 4 is 22.2 Å². The van der Waals surface area contributed by atoms with Crippen molar-refractivity contribution in [2.24, 2.45) is 0 Å². The lowest BCUT2D eigenvalue weighted by Crippen LogP contribution is -2.18. The van der Waals surface area contributed by atoms with Crippen LogP contribution >= 0.6 is 0 Å². The van der Waals surface area contributed by atoms with E-state index in [2.05, 4.69) is 24.9 Å². The summed E-state index contributed by atoms with van der Waals surface area (Å²) >= 11 is 0. The maximum Gasteiger partial charge on any atom is 0.327 e. The first kappa shape index (κ1) is 15.4. The van der Waals surface area contributed by atoms with Gasteiger partial charge in [-0.05, 0) is 30.2 Å². The molecule has 0 atom stereocenters. The molecule has 0 aliphatic carbocycles. The monoisotopic (exact) mass is 357 g/mol. The molecule has 0 spiro atoms. The zero-order valence-corrected chi connectivity index (χ0v) is 14.3. The van der Waals surface area contributed by atoms with E-state index in [1.165, 1.54) is 0 Å². The molecule has 0 saturated heterocycles. The van der Waals surface area contributed by atoms with Crippen molar-refractivity contribution in [3.05, 3.63) is 77.4 Å². The summed E-state index contributed by atoms with van der Waals surface area (Å²) in [7, 11) is 0. The first-order chi connectivity index (χ1) is 13.3. The molecule has 0 radical (unpaired) electrons. The van der Waals surface area contributed by atoms with E-state index < -0.39 is 0 Å². The molecular formula is C19H15N7O. The maximum absolute atomic E-state index is 12.4. The summed E-state index contributed by atoms with van der Waals surface area (Å²) in [6.07, 6.45) is 7.55. The number of benzene rings is 1. The first-order valence-electron chi connectivity index (χ1n) is 8.56. The quantitative estimate of drug-likeness (QED) is 0.531. The summed E-state index contributed by atoms with van der Waals surface area (Å²) in [5.74, 6) is 0.477. The predicted molar refractivity (Wildman–Crippen MR) is 101 cm³/mol. The molecule has 4 aromatic heterocycles. The molecule has 0 bridgehead atoms. The highest BCUT2D eigenvalue weighted by atomic mass is 16.1. The lowest BCUT2D eigenvalue weighted by molar-refractivity contribution is 0.683. The number of imidazole rings is 2. The van der Waals surface area contributed by atoms with Gasteiger partial charge in [0, 0.05) is 18.9 Å². The third-order valence-corrected chi connectivity index (χ3v) is 4.51. The first-order valence-corrected chi connectivity index (χ1v) is 8.56. The largest absolute Gasteiger partial charge is 0.327 e. The normalized spacial score (nSPS) is 11.4. The molecular weight excluding hydrogens is 342 g/mol. The molecule has 0 saturated carbocycles. The molecule has 5 rings (SSSR count). The fourth-order valence-corrected chi connectivity index (χ4v) is 3.17. The Labute approximate surface area is 153 Å². The highest BCUT2D eigenvalue weighted by Crippen LogP contribution is 2.17.